The van der Waals surface area contributed by atoms with Crippen LogP contribution in [0.1, 0.15) is 24.2 Å². The van der Waals surface area contributed by atoms with Crippen molar-refractivity contribution in [2.75, 3.05) is 12.5 Å². The predicted molar refractivity (Wildman–Crippen MR) is 92.8 cm³/mol. The van der Waals surface area contributed by atoms with Crippen LogP contribution in [0, 0.1) is 11.7 Å². The number of methoxy groups -OCH3 is 1. The first kappa shape index (κ1) is 19.1. The van der Waals surface area contributed by atoms with E-state index < -0.39 is 23.7 Å². The fourth-order valence-electron chi connectivity index (χ4n) is 2.11. The van der Waals surface area contributed by atoms with Gasteiger partial charge in [-0.25, -0.2) is 9.37 Å². The van der Waals surface area contributed by atoms with Crippen LogP contribution in [0.2, 0.25) is 0 Å². The van der Waals surface area contributed by atoms with Gasteiger partial charge in [0.15, 0.2) is 0 Å². The number of benzene rings is 1. The Hall–Kier alpha value is -3.23. The Balaban J connectivity index is 2.03. The molecule has 0 radical (unpaired) electrons. The maximum Gasteiger partial charge on any atom is 0.261 e. The van der Waals surface area contributed by atoms with Crippen LogP contribution >= 0.6 is 0 Å². The van der Waals surface area contributed by atoms with Gasteiger partial charge in [-0.05, 0) is 18.1 Å². The smallest absolute Gasteiger partial charge is 0.261 e. The number of rotatable bonds is 7. The molecule has 0 aliphatic carbocycles. The Labute approximate surface area is 150 Å². The second-order valence-electron chi connectivity index (χ2n) is 5.71. The third-order valence-electron chi connectivity index (χ3n) is 3.49. The van der Waals surface area contributed by atoms with Crippen molar-refractivity contribution in [1.29, 1.82) is 0 Å². The Bertz CT molecular complexity index is 784. The molecule has 0 spiro atoms. The van der Waals surface area contributed by atoms with Crippen molar-refractivity contribution in [1.82, 2.24) is 20.7 Å². The molecule has 0 aliphatic rings. The first-order valence-electron chi connectivity index (χ1n) is 7.90. The minimum Gasteiger partial charge on any atom is -0.481 e. The molecule has 1 aromatic carbocycles. The van der Waals surface area contributed by atoms with Gasteiger partial charge in [-0.3, -0.25) is 20.4 Å². The van der Waals surface area contributed by atoms with Crippen LogP contribution in [-0.2, 0) is 4.79 Å². The highest BCUT2D eigenvalue weighted by molar-refractivity contribution is 5.97. The molecule has 1 heterocycles. The molecule has 0 bridgehead atoms. The molecule has 1 aromatic heterocycles. The van der Waals surface area contributed by atoms with E-state index in [1.807, 2.05) is 0 Å². The molecule has 2 amide bonds. The average molecular weight is 361 g/mol. The normalized spacial score (nSPS) is 11.6. The minimum absolute atomic E-state index is 0.126. The van der Waals surface area contributed by atoms with Crippen molar-refractivity contribution in [3.63, 3.8) is 0 Å². The van der Waals surface area contributed by atoms with Crippen molar-refractivity contribution in [2.45, 2.75) is 19.9 Å². The Morgan fingerprint density at radius 2 is 1.92 bits per heavy atom. The van der Waals surface area contributed by atoms with Gasteiger partial charge in [-0.1, -0.05) is 26.0 Å². The number of nitrogens with one attached hydrogen (secondary N) is 3. The van der Waals surface area contributed by atoms with Gasteiger partial charge < -0.3 is 10.1 Å². The molecule has 3 N–H and O–H groups in total. The van der Waals surface area contributed by atoms with Gasteiger partial charge in [0.25, 0.3) is 11.8 Å². The lowest BCUT2D eigenvalue weighted by atomic mass is 10.0. The molecule has 0 saturated carbocycles. The molecular weight excluding hydrogens is 341 g/mol. The van der Waals surface area contributed by atoms with E-state index in [1.54, 1.807) is 26.0 Å². The summed E-state index contributed by atoms with van der Waals surface area (Å²) in [6, 6.07) is 6.23. The summed E-state index contributed by atoms with van der Waals surface area (Å²) < 4.78 is 18.7. The van der Waals surface area contributed by atoms with E-state index in [9.17, 15) is 14.0 Å². The van der Waals surface area contributed by atoms with Crippen molar-refractivity contribution in [2.24, 2.45) is 5.92 Å². The van der Waals surface area contributed by atoms with E-state index in [0.29, 0.717) is 5.88 Å². The van der Waals surface area contributed by atoms with Crippen molar-refractivity contribution in [3.05, 3.63) is 47.9 Å². The number of aromatic nitrogens is 2. The van der Waals surface area contributed by atoms with Gasteiger partial charge in [0.2, 0.25) is 11.8 Å². The number of ether oxygens (including phenoxy) is 1. The standard InChI is InChI=1S/C17H20FN5O3/c1-10(2)14(21-15(24)11-6-4-5-7-12(11)18)16(25)22-23-17-19-9-8-13(20-17)26-3/h4-10,14H,1-3H3,(H,21,24)(H,22,25)(H,19,20,23). The largest absolute Gasteiger partial charge is 0.481 e. The highest BCUT2D eigenvalue weighted by Crippen LogP contribution is 2.10. The second kappa shape index (κ2) is 8.75. The van der Waals surface area contributed by atoms with Crippen molar-refractivity contribution < 1.29 is 18.7 Å². The quantitative estimate of drug-likeness (QED) is 0.646. The maximum absolute atomic E-state index is 13.7. The second-order valence-corrected chi connectivity index (χ2v) is 5.71. The van der Waals surface area contributed by atoms with E-state index >= 15 is 0 Å². The van der Waals surface area contributed by atoms with Crippen LogP contribution in [0.4, 0.5) is 10.3 Å². The summed E-state index contributed by atoms with van der Waals surface area (Å²) in [6.07, 6.45) is 1.46. The third kappa shape index (κ3) is 4.88. The molecule has 2 aromatic rings. The number of halogens is 1. The average Bonchev–Trinajstić information content (AvgIpc) is 2.64. The zero-order valence-electron chi connectivity index (χ0n) is 14.6. The Kier molecular flexibility index (Phi) is 6.42. The zero-order chi connectivity index (χ0) is 19.1. The molecular formula is C17H20FN5O3. The lowest BCUT2D eigenvalue weighted by Crippen LogP contribution is -2.51. The zero-order valence-corrected chi connectivity index (χ0v) is 14.6. The van der Waals surface area contributed by atoms with Crippen molar-refractivity contribution in [3.8, 4) is 5.88 Å². The molecule has 1 atom stereocenters. The van der Waals surface area contributed by atoms with Gasteiger partial charge in [-0.2, -0.15) is 4.98 Å². The first-order valence-corrected chi connectivity index (χ1v) is 7.90. The fourth-order valence-corrected chi connectivity index (χ4v) is 2.11. The Morgan fingerprint density at radius 3 is 2.58 bits per heavy atom. The molecule has 26 heavy (non-hydrogen) atoms. The maximum atomic E-state index is 13.7. The van der Waals surface area contributed by atoms with Gasteiger partial charge in [0, 0.05) is 12.3 Å². The topological polar surface area (TPSA) is 105 Å². The number of amides is 2. The summed E-state index contributed by atoms with van der Waals surface area (Å²) in [7, 11) is 1.46. The molecule has 2 rings (SSSR count). The molecule has 1 unspecified atom stereocenters. The number of hydrogen-bond acceptors (Lipinski definition) is 6. The molecule has 8 nitrogen and oxygen atoms in total. The summed E-state index contributed by atoms with van der Waals surface area (Å²) in [5, 5.41) is 2.54. The van der Waals surface area contributed by atoms with Gasteiger partial charge in [0.05, 0.1) is 12.7 Å². The van der Waals surface area contributed by atoms with Crippen LogP contribution < -0.4 is 20.9 Å². The number of nitrogens with zero attached hydrogens (tertiary/aromatic N) is 2. The van der Waals surface area contributed by atoms with Gasteiger partial charge in [-0.15, -0.1) is 0 Å². The SMILES string of the molecule is COc1ccnc(NNC(=O)C(NC(=O)c2ccccc2F)C(C)C)n1. The summed E-state index contributed by atoms with van der Waals surface area (Å²) >= 11 is 0. The lowest BCUT2D eigenvalue weighted by Gasteiger charge is -2.22. The molecule has 138 valence electrons. The molecule has 9 heteroatoms. The summed E-state index contributed by atoms with van der Waals surface area (Å²) in [5.41, 5.74) is 4.85. The Morgan fingerprint density at radius 1 is 1.19 bits per heavy atom. The van der Waals surface area contributed by atoms with Crippen LogP contribution in [0.5, 0.6) is 5.88 Å². The molecule has 0 saturated heterocycles. The van der Waals surface area contributed by atoms with Crippen LogP contribution in [-0.4, -0.2) is 34.9 Å². The van der Waals surface area contributed by atoms with Crippen LogP contribution in [0.15, 0.2) is 36.5 Å². The number of carbonyl (C=O) groups excluding carboxylic acids is 2. The van der Waals surface area contributed by atoms with Crippen LogP contribution in [0.25, 0.3) is 0 Å². The van der Waals surface area contributed by atoms with Gasteiger partial charge >= 0.3 is 0 Å². The lowest BCUT2D eigenvalue weighted by molar-refractivity contribution is -0.123. The summed E-state index contributed by atoms with van der Waals surface area (Å²) in [6.45, 7) is 3.52. The first-order chi connectivity index (χ1) is 12.4. The summed E-state index contributed by atoms with van der Waals surface area (Å²) in [5.74, 6) is -1.63. The van der Waals surface area contributed by atoms with E-state index in [1.165, 1.54) is 31.5 Å². The van der Waals surface area contributed by atoms with E-state index in [-0.39, 0.29) is 17.4 Å². The number of hydrazine groups is 1. The van der Waals surface area contributed by atoms with E-state index in [0.717, 1.165) is 0 Å². The monoisotopic (exact) mass is 361 g/mol. The predicted octanol–water partition coefficient (Wildman–Crippen LogP) is 1.52. The number of anilines is 1. The van der Waals surface area contributed by atoms with E-state index in [2.05, 4.69) is 26.1 Å². The number of carbonyl (C=O) groups is 2. The third-order valence-corrected chi connectivity index (χ3v) is 3.49. The van der Waals surface area contributed by atoms with Crippen LogP contribution in [0.3, 0.4) is 0 Å². The number of hydrogen-bond donors (Lipinski definition) is 3. The van der Waals surface area contributed by atoms with Gasteiger partial charge in [0.1, 0.15) is 11.9 Å². The fraction of sp³-hybridized carbons (Fsp3) is 0.294. The summed E-state index contributed by atoms with van der Waals surface area (Å²) in [4.78, 5) is 32.6. The van der Waals surface area contributed by atoms with Crippen molar-refractivity contribution >= 4 is 17.8 Å². The molecule has 0 fully saturated rings. The van der Waals surface area contributed by atoms with E-state index in [4.69, 9.17) is 4.74 Å². The highest BCUT2D eigenvalue weighted by Gasteiger charge is 2.25. The minimum atomic E-state index is -0.889. The highest BCUT2D eigenvalue weighted by atomic mass is 19.1. The molecule has 0 aliphatic heterocycles.